The maximum atomic E-state index is 9.30. The van der Waals surface area contributed by atoms with E-state index >= 15 is 0 Å². The van der Waals surface area contributed by atoms with Gasteiger partial charge in [0.05, 0.1) is 37.2 Å². The molecule has 1 aromatic rings. The zero-order valence-electron chi connectivity index (χ0n) is 11.0. The van der Waals surface area contributed by atoms with Gasteiger partial charge in [-0.2, -0.15) is 5.26 Å². The zero-order valence-corrected chi connectivity index (χ0v) is 11.8. The Morgan fingerprint density at radius 2 is 2.37 bits per heavy atom. The van der Waals surface area contributed by atoms with E-state index in [0.717, 1.165) is 16.3 Å². The first-order valence-electron chi connectivity index (χ1n) is 6.44. The molecule has 0 bridgehead atoms. The third-order valence-corrected chi connectivity index (χ3v) is 3.78. The van der Waals surface area contributed by atoms with Crippen LogP contribution in [0.3, 0.4) is 0 Å². The number of hydrogen-bond acceptors (Lipinski definition) is 5. The average Bonchev–Trinajstić information content (AvgIpc) is 2.46. The topological polar surface area (TPSA) is 54.3 Å². The molecule has 1 N–H and O–H groups in total. The van der Waals surface area contributed by atoms with Gasteiger partial charge in [-0.1, -0.05) is 13.0 Å². The molecule has 0 saturated carbocycles. The maximum absolute atomic E-state index is 9.30. The van der Waals surface area contributed by atoms with E-state index in [0.29, 0.717) is 31.9 Å². The minimum Gasteiger partial charge on any atom is -0.381 e. The summed E-state index contributed by atoms with van der Waals surface area (Å²) >= 11 is 1.68. The summed E-state index contributed by atoms with van der Waals surface area (Å²) in [5, 5.41) is 12.6. The van der Waals surface area contributed by atoms with Crippen molar-refractivity contribution in [3.05, 3.63) is 23.8 Å². The molecule has 1 heterocycles. The van der Waals surface area contributed by atoms with Gasteiger partial charge in [-0.05, 0) is 17.9 Å². The first-order valence-corrected chi connectivity index (χ1v) is 7.42. The van der Waals surface area contributed by atoms with E-state index in [-0.39, 0.29) is 6.10 Å². The molecule has 0 spiro atoms. The van der Waals surface area contributed by atoms with Gasteiger partial charge in [-0.15, -0.1) is 11.8 Å². The van der Waals surface area contributed by atoms with Crippen molar-refractivity contribution < 1.29 is 9.47 Å². The number of anilines is 1. The molecule has 19 heavy (non-hydrogen) atoms. The Morgan fingerprint density at radius 3 is 3.05 bits per heavy atom. The van der Waals surface area contributed by atoms with E-state index in [1.165, 1.54) is 0 Å². The number of rotatable bonds is 5. The fourth-order valence-corrected chi connectivity index (χ4v) is 2.73. The highest BCUT2D eigenvalue weighted by atomic mass is 32.2. The molecule has 0 radical (unpaired) electrons. The van der Waals surface area contributed by atoms with Crippen molar-refractivity contribution in [2.24, 2.45) is 0 Å². The van der Waals surface area contributed by atoms with Crippen LogP contribution in [0.2, 0.25) is 0 Å². The Kier molecular flexibility index (Phi) is 5.52. The standard InChI is InChI=1S/C14H18N2O2S/c1-2-19-14-5-3-4-13(12(14)8-15)16-9-11-10-17-6-7-18-11/h3-5,11,16H,2,6-7,9-10H2,1H3. The summed E-state index contributed by atoms with van der Waals surface area (Å²) in [6, 6.07) is 8.17. The predicted octanol–water partition coefficient (Wildman–Crippen LogP) is 2.50. The van der Waals surface area contributed by atoms with Crippen LogP contribution in [0.1, 0.15) is 12.5 Å². The van der Waals surface area contributed by atoms with Crippen molar-refractivity contribution in [2.45, 2.75) is 17.9 Å². The number of ether oxygens (including phenoxy) is 2. The summed E-state index contributed by atoms with van der Waals surface area (Å²) in [5.41, 5.74) is 1.58. The Balaban J connectivity index is 2.02. The number of thioether (sulfide) groups is 1. The molecule has 0 amide bonds. The highest BCUT2D eigenvalue weighted by molar-refractivity contribution is 7.99. The zero-order chi connectivity index (χ0) is 13.5. The van der Waals surface area contributed by atoms with Crippen LogP contribution in [-0.4, -0.2) is 38.2 Å². The SMILES string of the molecule is CCSc1cccc(NCC2COCCO2)c1C#N. The molecule has 2 rings (SSSR count). The van der Waals surface area contributed by atoms with Gasteiger partial charge in [0, 0.05) is 11.4 Å². The highest BCUT2D eigenvalue weighted by Gasteiger charge is 2.15. The van der Waals surface area contributed by atoms with Crippen LogP contribution in [0, 0.1) is 11.3 Å². The van der Waals surface area contributed by atoms with Crippen LogP contribution in [0.4, 0.5) is 5.69 Å². The van der Waals surface area contributed by atoms with Crippen LogP contribution in [0.5, 0.6) is 0 Å². The largest absolute Gasteiger partial charge is 0.381 e. The molecule has 1 fully saturated rings. The molecule has 1 aromatic carbocycles. The van der Waals surface area contributed by atoms with Gasteiger partial charge in [0.2, 0.25) is 0 Å². The van der Waals surface area contributed by atoms with Crippen molar-refractivity contribution >= 4 is 17.4 Å². The molecule has 1 saturated heterocycles. The van der Waals surface area contributed by atoms with Crippen LogP contribution < -0.4 is 5.32 Å². The van der Waals surface area contributed by atoms with Gasteiger partial charge in [-0.3, -0.25) is 0 Å². The summed E-state index contributed by atoms with van der Waals surface area (Å²) in [5.74, 6) is 0.956. The van der Waals surface area contributed by atoms with Crippen molar-refractivity contribution in [1.82, 2.24) is 0 Å². The second-order valence-electron chi connectivity index (χ2n) is 4.17. The van der Waals surface area contributed by atoms with E-state index in [4.69, 9.17) is 9.47 Å². The van der Waals surface area contributed by atoms with Gasteiger partial charge in [0.25, 0.3) is 0 Å². The van der Waals surface area contributed by atoms with E-state index < -0.39 is 0 Å². The van der Waals surface area contributed by atoms with E-state index in [9.17, 15) is 5.26 Å². The summed E-state index contributed by atoms with van der Waals surface area (Å²) in [4.78, 5) is 1.02. The van der Waals surface area contributed by atoms with Gasteiger partial charge in [0.15, 0.2) is 0 Å². The van der Waals surface area contributed by atoms with E-state index in [2.05, 4.69) is 18.3 Å². The molecule has 1 aliphatic rings. The molecule has 0 aromatic heterocycles. The lowest BCUT2D eigenvalue weighted by Crippen LogP contribution is -2.34. The maximum Gasteiger partial charge on any atom is 0.102 e. The number of nitriles is 1. The summed E-state index contributed by atoms with van der Waals surface area (Å²) in [6.45, 7) is 4.66. The molecule has 102 valence electrons. The molecule has 1 aliphatic heterocycles. The van der Waals surface area contributed by atoms with Crippen LogP contribution in [0.15, 0.2) is 23.1 Å². The van der Waals surface area contributed by atoms with Crippen LogP contribution in [0.25, 0.3) is 0 Å². The van der Waals surface area contributed by atoms with Gasteiger partial charge in [0.1, 0.15) is 6.07 Å². The fourth-order valence-electron chi connectivity index (χ4n) is 1.95. The number of nitrogens with zero attached hydrogens (tertiary/aromatic N) is 1. The van der Waals surface area contributed by atoms with Gasteiger partial charge >= 0.3 is 0 Å². The van der Waals surface area contributed by atoms with E-state index in [1.807, 2.05) is 18.2 Å². The van der Waals surface area contributed by atoms with Crippen LogP contribution >= 0.6 is 11.8 Å². The molecule has 0 aliphatic carbocycles. The van der Waals surface area contributed by atoms with Crippen LogP contribution in [-0.2, 0) is 9.47 Å². The van der Waals surface area contributed by atoms with Crippen molar-refractivity contribution in [3.63, 3.8) is 0 Å². The molecule has 1 atom stereocenters. The lowest BCUT2D eigenvalue weighted by atomic mass is 10.2. The first kappa shape index (κ1) is 14.2. The molecular weight excluding hydrogens is 260 g/mol. The summed E-state index contributed by atoms with van der Waals surface area (Å²) in [7, 11) is 0. The quantitative estimate of drug-likeness (QED) is 0.839. The lowest BCUT2D eigenvalue weighted by Gasteiger charge is -2.23. The normalized spacial score (nSPS) is 18.8. The number of nitrogens with one attached hydrogen (secondary N) is 1. The van der Waals surface area contributed by atoms with Crippen molar-refractivity contribution in [2.75, 3.05) is 37.4 Å². The van der Waals surface area contributed by atoms with Gasteiger partial charge < -0.3 is 14.8 Å². The minimum atomic E-state index is 0.0581. The lowest BCUT2D eigenvalue weighted by molar-refractivity contribution is -0.0818. The molecule has 5 heteroatoms. The Labute approximate surface area is 118 Å². The van der Waals surface area contributed by atoms with Crippen molar-refractivity contribution in [3.8, 4) is 6.07 Å². The average molecular weight is 278 g/mol. The summed E-state index contributed by atoms with van der Waals surface area (Å²) < 4.78 is 10.9. The molecular formula is C14H18N2O2S. The minimum absolute atomic E-state index is 0.0581. The summed E-state index contributed by atoms with van der Waals surface area (Å²) in [6.07, 6.45) is 0.0581. The fraction of sp³-hybridized carbons (Fsp3) is 0.500. The van der Waals surface area contributed by atoms with Gasteiger partial charge in [-0.25, -0.2) is 0 Å². The monoisotopic (exact) mass is 278 g/mol. The highest BCUT2D eigenvalue weighted by Crippen LogP contribution is 2.27. The molecule has 4 nitrogen and oxygen atoms in total. The predicted molar refractivity (Wildman–Crippen MR) is 76.6 cm³/mol. The Bertz CT molecular complexity index is 453. The smallest absolute Gasteiger partial charge is 0.102 e. The van der Waals surface area contributed by atoms with E-state index in [1.54, 1.807) is 11.8 Å². The number of hydrogen-bond donors (Lipinski definition) is 1. The Hall–Kier alpha value is -1.22. The third kappa shape index (κ3) is 3.87. The molecule has 1 unspecified atom stereocenters. The number of benzene rings is 1. The first-order chi connectivity index (χ1) is 9.35. The second kappa shape index (κ2) is 7.39. The Morgan fingerprint density at radius 1 is 1.47 bits per heavy atom. The third-order valence-electron chi connectivity index (χ3n) is 2.84. The second-order valence-corrected chi connectivity index (χ2v) is 5.48. The van der Waals surface area contributed by atoms with Crippen molar-refractivity contribution in [1.29, 1.82) is 5.26 Å².